The molecule has 5 N–H and O–H groups in total. The largest absolute Gasteiger partial charge is 0.497 e. The molecule has 4 aromatic carbocycles. The van der Waals surface area contributed by atoms with Crippen LogP contribution in [0.4, 0.5) is 10.5 Å². The highest BCUT2D eigenvalue weighted by Gasteiger charge is 2.17. The van der Waals surface area contributed by atoms with Gasteiger partial charge in [0.2, 0.25) is 10.0 Å². The molecule has 0 aliphatic heterocycles. The van der Waals surface area contributed by atoms with Crippen molar-refractivity contribution in [3.05, 3.63) is 114 Å². The fourth-order valence-electron chi connectivity index (χ4n) is 4.74. The Morgan fingerprint density at radius 1 is 0.933 bits per heavy atom. The Bertz CT molecular complexity index is 1760. The summed E-state index contributed by atoms with van der Waals surface area (Å²) in [5, 5.41) is 20.0. The molecule has 0 aliphatic rings. The average Bonchev–Trinajstić information content (AvgIpc) is 3.04. The van der Waals surface area contributed by atoms with Gasteiger partial charge in [-0.1, -0.05) is 80.5 Å². The number of sulfonamides is 1. The summed E-state index contributed by atoms with van der Waals surface area (Å²) in [5.41, 5.74) is 4.01. The molecule has 0 unspecified atom stereocenters. The van der Waals surface area contributed by atoms with E-state index in [2.05, 4.69) is 17.6 Å². The maximum Gasteiger partial charge on any atom is 0.322 e. The molecule has 0 aromatic heterocycles. The summed E-state index contributed by atoms with van der Waals surface area (Å²) in [5.74, 6) is 0.878. The van der Waals surface area contributed by atoms with Gasteiger partial charge in [0, 0.05) is 35.5 Å². The third-order valence-electron chi connectivity index (χ3n) is 7.14. The molecule has 4 rings (SSSR count). The first kappa shape index (κ1) is 33.3. The van der Waals surface area contributed by atoms with E-state index in [0.717, 1.165) is 36.1 Å². The number of hydrogen-bond donors (Lipinski definition) is 4. The van der Waals surface area contributed by atoms with E-state index < -0.39 is 10.0 Å². The highest BCUT2D eigenvalue weighted by molar-refractivity contribution is 7.89. The van der Waals surface area contributed by atoms with Gasteiger partial charge >= 0.3 is 6.03 Å². The minimum atomic E-state index is -3.90. The monoisotopic (exact) mass is 643 g/mol. The molecular formula is C34H37N5O4S2. The van der Waals surface area contributed by atoms with Gasteiger partial charge in [-0.3, -0.25) is 5.41 Å². The van der Waals surface area contributed by atoms with Crippen LogP contribution in [-0.2, 0) is 16.6 Å². The molecule has 234 valence electrons. The lowest BCUT2D eigenvalue weighted by atomic mass is 10.1. The van der Waals surface area contributed by atoms with E-state index >= 15 is 0 Å². The second-order valence-corrected chi connectivity index (χ2v) is 12.4. The van der Waals surface area contributed by atoms with E-state index in [0.29, 0.717) is 40.5 Å². The first-order valence-corrected chi connectivity index (χ1v) is 16.5. The number of methoxy groups -OCH3 is 1. The zero-order chi connectivity index (χ0) is 32.4. The third kappa shape index (κ3) is 9.21. The Labute approximate surface area is 270 Å². The summed E-state index contributed by atoms with van der Waals surface area (Å²) in [6.07, 6.45) is 2.85. The van der Waals surface area contributed by atoms with Crippen molar-refractivity contribution < 1.29 is 17.9 Å². The molecule has 0 aliphatic carbocycles. The summed E-state index contributed by atoms with van der Waals surface area (Å²) in [7, 11) is -2.30. The minimum absolute atomic E-state index is 0.0388. The van der Waals surface area contributed by atoms with Crippen LogP contribution in [0.25, 0.3) is 11.1 Å². The van der Waals surface area contributed by atoms with Crippen molar-refractivity contribution >= 4 is 44.8 Å². The van der Waals surface area contributed by atoms with Crippen molar-refractivity contribution in [1.29, 1.82) is 5.41 Å². The van der Waals surface area contributed by atoms with Gasteiger partial charge in [0.25, 0.3) is 0 Å². The molecule has 2 amide bonds. The van der Waals surface area contributed by atoms with Crippen LogP contribution in [0, 0.1) is 5.41 Å². The zero-order valence-electron chi connectivity index (χ0n) is 25.2. The van der Waals surface area contributed by atoms with Crippen LogP contribution in [0.2, 0.25) is 0 Å². The number of unbranched alkanes of at least 4 members (excludes halogenated alkanes) is 2. The molecule has 0 spiro atoms. The highest BCUT2D eigenvalue weighted by Crippen LogP contribution is 2.27. The van der Waals surface area contributed by atoms with Gasteiger partial charge in [0.05, 0.1) is 12.0 Å². The molecule has 0 heterocycles. The number of carbonyl (C=O) groups excluding carboxylic acids is 1. The van der Waals surface area contributed by atoms with Crippen molar-refractivity contribution in [1.82, 2.24) is 10.2 Å². The summed E-state index contributed by atoms with van der Waals surface area (Å²) >= 11 is 5.51. The molecule has 0 saturated carbocycles. The molecule has 11 heteroatoms. The molecule has 0 fully saturated rings. The number of nitrogens with zero attached hydrogens (tertiary/aromatic N) is 1. The molecule has 4 aromatic rings. The van der Waals surface area contributed by atoms with Crippen molar-refractivity contribution in [2.45, 2.75) is 37.6 Å². The van der Waals surface area contributed by atoms with E-state index in [1.807, 2.05) is 48.5 Å². The van der Waals surface area contributed by atoms with Crippen LogP contribution in [-0.4, -0.2) is 43.8 Å². The van der Waals surface area contributed by atoms with Crippen molar-refractivity contribution in [3.63, 3.8) is 0 Å². The van der Waals surface area contributed by atoms with E-state index in [1.54, 1.807) is 54.5 Å². The summed E-state index contributed by atoms with van der Waals surface area (Å²) in [4.78, 5) is 15.7. The number of carbonyl (C=O) groups is 1. The van der Waals surface area contributed by atoms with Gasteiger partial charge in [-0.05, 0) is 66.1 Å². The average molecular weight is 644 g/mol. The van der Waals surface area contributed by atoms with Crippen LogP contribution < -0.4 is 20.5 Å². The second kappa shape index (κ2) is 15.4. The molecule has 9 nitrogen and oxygen atoms in total. The molecule has 0 saturated heterocycles. The van der Waals surface area contributed by atoms with Crippen molar-refractivity contribution in [2.75, 3.05) is 19.0 Å². The summed E-state index contributed by atoms with van der Waals surface area (Å²) < 4.78 is 29.3. The van der Waals surface area contributed by atoms with Crippen LogP contribution in [0.3, 0.4) is 0 Å². The van der Waals surface area contributed by atoms with Crippen LogP contribution >= 0.6 is 12.2 Å². The first-order chi connectivity index (χ1) is 21.6. The maximum absolute atomic E-state index is 13.5. The Kier molecular flexibility index (Phi) is 11.4. The topological polar surface area (TPSA) is 138 Å². The predicted octanol–water partition coefficient (Wildman–Crippen LogP) is 6.52. The zero-order valence-corrected chi connectivity index (χ0v) is 26.9. The Morgan fingerprint density at radius 3 is 2.31 bits per heavy atom. The molecule has 0 radical (unpaired) electrons. The number of anilines is 1. The smallest absolute Gasteiger partial charge is 0.322 e. The number of hydrogen-bond acceptors (Lipinski definition) is 6. The number of benzene rings is 4. The molecule has 45 heavy (non-hydrogen) atoms. The number of rotatable bonds is 12. The van der Waals surface area contributed by atoms with Crippen LogP contribution in [0.5, 0.6) is 5.75 Å². The van der Waals surface area contributed by atoms with Gasteiger partial charge in [-0.15, -0.1) is 0 Å². The number of amides is 2. The van der Waals surface area contributed by atoms with Gasteiger partial charge in [0.1, 0.15) is 16.6 Å². The highest BCUT2D eigenvalue weighted by atomic mass is 32.2. The SMILES string of the molecule is CCCCCN(Cc1cccc(C(=N)NC(=S)c2ccc(OC)cc2)c1)C(=O)Nc1ccc(-c2ccccc2S(N)(=O)=O)cc1. The molecular weight excluding hydrogens is 607 g/mol. The van der Waals surface area contributed by atoms with E-state index in [1.165, 1.54) is 6.07 Å². The van der Waals surface area contributed by atoms with E-state index in [9.17, 15) is 13.2 Å². The van der Waals surface area contributed by atoms with E-state index in [4.69, 9.17) is 27.5 Å². The predicted molar refractivity (Wildman–Crippen MR) is 183 cm³/mol. The summed E-state index contributed by atoms with van der Waals surface area (Å²) in [6, 6.07) is 28.0. The van der Waals surface area contributed by atoms with Crippen LogP contribution in [0.1, 0.15) is 42.9 Å². The Balaban J connectivity index is 1.45. The summed E-state index contributed by atoms with van der Waals surface area (Å²) in [6.45, 7) is 3.01. The Morgan fingerprint density at radius 2 is 1.64 bits per heavy atom. The number of thiocarbonyl (C=S) groups is 1. The van der Waals surface area contributed by atoms with Gasteiger partial charge in [-0.2, -0.15) is 0 Å². The van der Waals surface area contributed by atoms with Gasteiger partial charge < -0.3 is 20.3 Å². The number of nitrogens with one attached hydrogen (secondary N) is 3. The second-order valence-electron chi connectivity index (χ2n) is 10.4. The fourth-order valence-corrected chi connectivity index (χ4v) is 5.74. The number of primary sulfonamides is 1. The molecule has 0 atom stereocenters. The number of ether oxygens (including phenoxy) is 1. The fraction of sp³-hybridized carbons (Fsp3) is 0.206. The maximum atomic E-state index is 13.5. The number of urea groups is 1. The quantitative estimate of drug-likeness (QED) is 0.0600. The van der Waals surface area contributed by atoms with Crippen LogP contribution in [0.15, 0.2) is 102 Å². The third-order valence-corrected chi connectivity index (χ3v) is 8.45. The lowest BCUT2D eigenvalue weighted by Gasteiger charge is -2.24. The van der Waals surface area contributed by atoms with Crippen molar-refractivity contribution in [2.24, 2.45) is 5.14 Å². The first-order valence-electron chi connectivity index (χ1n) is 14.5. The lowest BCUT2D eigenvalue weighted by molar-refractivity contribution is 0.208. The molecule has 0 bridgehead atoms. The standard InChI is InChI=1S/C34H37N5O4S2/c1-3-4-7-21-39(34(40)37-28-17-13-25(14-18-28)30-11-5-6-12-31(30)45(36,41)42)23-24-9-8-10-27(22-24)32(35)38-33(44)26-15-19-29(43-2)20-16-26/h5-6,8-20,22H,3-4,7,21,23H2,1-2H3,(H,37,40)(H2,35,38,44)(H2,36,41,42). The minimum Gasteiger partial charge on any atom is -0.497 e. The number of amidine groups is 1. The van der Waals surface area contributed by atoms with Gasteiger partial charge in [-0.25, -0.2) is 18.4 Å². The lowest BCUT2D eigenvalue weighted by Crippen LogP contribution is -2.35. The Hall–Kier alpha value is -4.58. The van der Waals surface area contributed by atoms with Gasteiger partial charge in [0.15, 0.2) is 0 Å². The van der Waals surface area contributed by atoms with Crippen molar-refractivity contribution in [3.8, 4) is 16.9 Å². The normalized spacial score (nSPS) is 11.0. The number of nitrogens with two attached hydrogens (primary N) is 1. The van der Waals surface area contributed by atoms with E-state index in [-0.39, 0.29) is 16.8 Å².